The third-order valence-corrected chi connectivity index (χ3v) is 16.6. The van der Waals surface area contributed by atoms with Crippen molar-refractivity contribution in [2.75, 3.05) is 49.9 Å². The van der Waals surface area contributed by atoms with Gasteiger partial charge >= 0.3 is 0 Å². The summed E-state index contributed by atoms with van der Waals surface area (Å²) in [4.78, 5) is 43.3. The Bertz CT molecular complexity index is 4870. The Morgan fingerprint density at radius 3 is 1.31 bits per heavy atom. The highest BCUT2D eigenvalue weighted by Gasteiger charge is 2.24. The topological polar surface area (TPSA) is 200 Å². The number of nitrogens with zero attached hydrogens (tertiary/aromatic N) is 10. The number of carbonyl (C=O) groups is 1. The Kier molecular flexibility index (Phi) is 17.1. The third kappa shape index (κ3) is 12.3. The minimum absolute atomic E-state index is 0.138. The van der Waals surface area contributed by atoms with Crippen LogP contribution >= 0.6 is 0 Å². The molecule has 15 rings (SSSR count). The van der Waals surface area contributed by atoms with Crippen molar-refractivity contribution in [3.63, 3.8) is 0 Å². The number of halogens is 3. The lowest BCUT2D eigenvalue weighted by atomic mass is 10.0. The van der Waals surface area contributed by atoms with E-state index in [0.29, 0.717) is 90.6 Å². The van der Waals surface area contributed by atoms with Crippen molar-refractivity contribution in [2.24, 2.45) is 0 Å². The van der Waals surface area contributed by atoms with Crippen LogP contribution in [0.15, 0.2) is 146 Å². The number of benzene rings is 6. The molecule has 22 heteroatoms. The van der Waals surface area contributed by atoms with E-state index in [4.69, 9.17) is 25.8 Å². The van der Waals surface area contributed by atoms with Crippen LogP contribution in [0.25, 0.3) is 55.2 Å². The van der Waals surface area contributed by atoms with Crippen LogP contribution in [-0.4, -0.2) is 82.9 Å². The zero-order valence-corrected chi connectivity index (χ0v) is 51.7. The molecular weight excluding hydrogens is 1180 g/mol. The van der Waals surface area contributed by atoms with Gasteiger partial charge in [0.1, 0.15) is 51.6 Å². The third-order valence-electron chi connectivity index (χ3n) is 16.6. The predicted octanol–water partition coefficient (Wildman–Crippen LogP) is 12.8. The number of aromatic nitrogens is 9. The first-order chi connectivity index (χ1) is 45.3. The number of amides is 1. The van der Waals surface area contributed by atoms with Gasteiger partial charge < -0.3 is 40.8 Å². The van der Waals surface area contributed by atoms with E-state index in [1.165, 1.54) is 23.8 Å². The van der Waals surface area contributed by atoms with E-state index < -0.39 is 0 Å². The smallest absolute Gasteiger partial charge is 0.251 e. The van der Waals surface area contributed by atoms with Gasteiger partial charge in [0.15, 0.2) is 5.69 Å². The number of ether oxygens (including phenoxy) is 3. The maximum absolute atomic E-state index is 14.5. The van der Waals surface area contributed by atoms with E-state index in [1.807, 2.05) is 96.1 Å². The molecule has 0 saturated carbocycles. The summed E-state index contributed by atoms with van der Waals surface area (Å²) in [5.41, 5.74) is 17.0. The monoisotopic (exact) mass is 1250 g/mol. The van der Waals surface area contributed by atoms with Crippen LogP contribution in [-0.2, 0) is 45.4 Å². The van der Waals surface area contributed by atoms with Gasteiger partial charge in [0, 0.05) is 145 Å². The number of hydrogen-bond acceptors (Lipinski definition) is 14. The van der Waals surface area contributed by atoms with E-state index >= 15 is 0 Å². The minimum atomic E-state index is -0.257. The lowest BCUT2D eigenvalue weighted by molar-refractivity contribution is 0.0963. The number of hydrogen-bond donors (Lipinski definition) is 5. The number of anilines is 3. The number of para-hydroxylation sites is 1. The van der Waals surface area contributed by atoms with Crippen molar-refractivity contribution in [3.8, 4) is 50.6 Å². The summed E-state index contributed by atoms with van der Waals surface area (Å²) in [7, 11) is 3.54. The van der Waals surface area contributed by atoms with Gasteiger partial charge in [-0.25, -0.2) is 47.9 Å². The zero-order valence-electron chi connectivity index (χ0n) is 51.7. The van der Waals surface area contributed by atoms with Crippen LogP contribution in [0.1, 0.15) is 66.4 Å². The van der Waals surface area contributed by atoms with Gasteiger partial charge in [0.25, 0.3) is 5.91 Å². The molecule has 0 spiro atoms. The molecule has 468 valence electrons. The Morgan fingerprint density at radius 1 is 0.505 bits per heavy atom. The lowest BCUT2D eigenvalue weighted by Crippen LogP contribution is -2.17. The molecule has 3 aliphatic rings. The molecule has 6 aromatic heterocycles. The average molecular weight is 1250 g/mol. The number of carbonyl (C=O) groups excluding carboxylic acids is 1. The molecule has 0 bridgehead atoms. The highest BCUT2D eigenvalue weighted by atomic mass is 19.1. The summed E-state index contributed by atoms with van der Waals surface area (Å²) in [5.74, 6) is 3.14. The summed E-state index contributed by atoms with van der Waals surface area (Å²) < 4.78 is 65.8. The van der Waals surface area contributed by atoms with Crippen LogP contribution in [0.4, 0.5) is 36.7 Å². The van der Waals surface area contributed by atoms with E-state index in [9.17, 15) is 18.0 Å². The quantitative estimate of drug-likeness (QED) is 0.0607. The molecule has 0 aliphatic carbocycles. The van der Waals surface area contributed by atoms with E-state index in [1.54, 1.807) is 55.8 Å². The summed E-state index contributed by atoms with van der Waals surface area (Å²) in [5, 5.41) is 15.6. The number of nitrogens with one attached hydrogen (secondary N) is 5. The zero-order chi connectivity index (χ0) is 64.3. The van der Waals surface area contributed by atoms with Gasteiger partial charge in [-0.15, -0.1) is 0 Å². The van der Waals surface area contributed by atoms with Crippen molar-refractivity contribution in [1.82, 2.24) is 53.7 Å². The largest absolute Gasteiger partial charge is 0.493 e. The van der Waals surface area contributed by atoms with Gasteiger partial charge in [-0.1, -0.05) is 60.7 Å². The van der Waals surface area contributed by atoms with E-state index in [-0.39, 0.29) is 36.4 Å². The van der Waals surface area contributed by atoms with Crippen molar-refractivity contribution < 1.29 is 32.2 Å². The molecule has 0 unspecified atom stereocenters. The van der Waals surface area contributed by atoms with Gasteiger partial charge in [-0.05, 0) is 98.6 Å². The molecule has 0 fully saturated rings. The second kappa shape index (κ2) is 26.3. The Hall–Kier alpha value is -11.3. The Morgan fingerprint density at radius 2 is 0.903 bits per heavy atom. The summed E-state index contributed by atoms with van der Waals surface area (Å²) in [6.07, 6.45) is 13.1. The molecular formula is C71H64F3N15O4. The number of fused-ring (bicyclic) bond motifs is 6. The molecule has 3 aliphatic heterocycles. The number of rotatable bonds is 15. The molecule has 1 amide bonds. The summed E-state index contributed by atoms with van der Waals surface area (Å²) >= 11 is 0. The number of imidazole rings is 3. The van der Waals surface area contributed by atoms with E-state index in [0.717, 1.165) is 109 Å². The standard InChI is InChI=1S/C24H22FN5O2.C24H24FN5O.C23H18FN5O/c1-14-13-30-22(29-14)18(15-3-5-16(6-4-15)23(31)26-2)11-27-24(30)28-12-19-17-9-10-32-21(17)8-7-20(19)25;1-15-14-30-23(29-15)19(17-5-3-16(4-6-17)11-26-2)12-27-24(30)28-13-20-18-9-10-31-22(18)8-7-21(20)25;1-14-13-29-22(28-14)18(15-5-3-4-6-20(15)25-2)12-27-23(29)26-11-17-16-9-10-30-21(16)8-7-19(17)24/h3-8,11,13H,9-10,12H2,1-2H3,(H,26,31)(H,27,28);3-8,12,14,26H,9-11,13H2,1-2H3,(H,27,28);3-8,12-13H,9-11H2,1H3,(H,26,27). The van der Waals surface area contributed by atoms with Crippen molar-refractivity contribution in [1.29, 1.82) is 0 Å². The molecule has 5 N–H and O–H groups in total. The lowest BCUT2D eigenvalue weighted by Gasteiger charge is -2.13. The first-order valence-corrected chi connectivity index (χ1v) is 30.4. The van der Waals surface area contributed by atoms with Crippen LogP contribution in [0.2, 0.25) is 0 Å². The van der Waals surface area contributed by atoms with Crippen molar-refractivity contribution in [2.45, 2.75) is 66.2 Å². The normalized spacial score (nSPS) is 12.5. The fraction of sp³-hybridized carbons (Fsp3) is 0.211. The van der Waals surface area contributed by atoms with Crippen LogP contribution in [0.3, 0.4) is 0 Å². The van der Waals surface area contributed by atoms with Gasteiger partial charge in [-0.2, -0.15) is 0 Å². The molecule has 0 radical (unpaired) electrons. The van der Waals surface area contributed by atoms with Gasteiger partial charge in [-0.3, -0.25) is 18.0 Å². The number of aryl methyl sites for hydroxylation is 3. The second-order valence-electron chi connectivity index (χ2n) is 22.6. The molecule has 93 heavy (non-hydrogen) atoms. The van der Waals surface area contributed by atoms with Crippen molar-refractivity contribution >= 4 is 46.4 Å². The molecule has 6 aromatic carbocycles. The summed E-state index contributed by atoms with van der Waals surface area (Å²) in [6.45, 7) is 16.7. The maximum atomic E-state index is 14.5. The fourth-order valence-electron chi connectivity index (χ4n) is 12.0. The van der Waals surface area contributed by atoms with Crippen LogP contribution in [0, 0.1) is 44.8 Å². The second-order valence-corrected chi connectivity index (χ2v) is 22.6. The fourth-order valence-corrected chi connectivity index (χ4v) is 12.0. The molecule has 19 nitrogen and oxygen atoms in total. The molecule has 9 heterocycles. The highest BCUT2D eigenvalue weighted by Crippen LogP contribution is 2.37. The molecule has 12 aromatic rings. The van der Waals surface area contributed by atoms with Gasteiger partial charge in [0.2, 0.25) is 17.8 Å². The van der Waals surface area contributed by atoms with E-state index in [2.05, 4.69) is 80.6 Å². The van der Waals surface area contributed by atoms with Crippen molar-refractivity contribution in [3.05, 3.63) is 237 Å². The Labute approximate surface area is 533 Å². The minimum Gasteiger partial charge on any atom is -0.493 e. The SMILES string of the molecule is CNC(=O)c1ccc(-c2cnc(NCc3c(F)ccc4c3CCO4)n3cc(C)nc23)cc1.CNCc1ccc(-c2cnc(NCc3c(F)ccc4c3CCO4)n3cc(C)nc23)cc1.[C-]#[N+]c1ccccc1-c1cnc(NCc2c(F)ccc3c2CCO3)n2cc(C)nc12. The predicted molar refractivity (Wildman–Crippen MR) is 351 cm³/mol. The maximum Gasteiger partial charge on any atom is 0.251 e. The van der Waals surface area contributed by atoms with Crippen LogP contribution in [0.5, 0.6) is 17.2 Å². The first kappa shape index (κ1) is 60.6. The molecule has 0 saturated heterocycles. The average Bonchev–Trinajstić information content (AvgIpc) is 1.73. The van der Waals surface area contributed by atoms with Crippen LogP contribution < -0.4 is 40.8 Å². The summed E-state index contributed by atoms with van der Waals surface area (Å²) in [6, 6.07) is 32.5. The highest BCUT2D eigenvalue weighted by molar-refractivity contribution is 5.95. The molecule has 0 atom stereocenters. The first-order valence-electron chi connectivity index (χ1n) is 30.4. The Balaban J connectivity index is 0.000000127. The van der Waals surface area contributed by atoms with Gasteiger partial charge in [0.05, 0.1) is 43.5 Å².